The van der Waals surface area contributed by atoms with E-state index in [0.717, 1.165) is 0 Å². The highest BCUT2D eigenvalue weighted by molar-refractivity contribution is 8.26. The van der Waals surface area contributed by atoms with Crippen LogP contribution in [0.4, 0.5) is 0 Å². The number of benzene rings is 1. The van der Waals surface area contributed by atoms with Crippen molar-refractivity contribution < 1.29 is 14.6 Å². The molecule has 0 atom stereocenters. The Labute approximate surface area is 137 Å². The number of thiocarbonyl (C=S) groups is 1. The van der Waals surface area contributed by atoms with Crippen molar-refractivity contribution in [2.75, 3.05) is 7.11 Å². The van der Waals surface area contributed by atoms with E-state index in [-0.39, 0.29) is 23.4 Å². The third-order valence-corrected chi connectivity index (χ3v) is 4.46. The molecule has 4 nitrogen and oxygen atoms in total. The number of aromatic hydroxyl groups is 1. The van der Waals surface area contributed by atoms with Gasteiger partial charge < -0.3 is 9.84 Å². The number of phenols is 1. The van der Waals surface area contributed by atoms with Crippen molar-refractivity contribution in [1.29, 1.82) is 0 Å². The number of amides is 1. The first-order valence-electron chi connectivity index (χ1n) is 6.18. The molecule has 0 unspecified atom stereocenters. The van der Waals surface area contributed by atoms with Crippen LogP contribution in [-0.4, -0.2) is 33.4 Å². The van der Waals surface area contributed by atoms with Crippen LogP contribution in [0.1, 0.15) is 19.4 Å². The zero-order valence-corrected chi connectivity index (χ0v) is 14.1. The Balaban J connectivity index is 2.44. The number of methoxy groups -OCH3 is 1. The topological polar surface area (TPSA) is 49.8 Å². The number of ether oxygens (including phenoxy) is 1. The van der Waals surface area contributed by atoms with Gasteiger partial charge in [-0.3, -0.25) is 9.69 Å². The van der Waals surface area contributed by atoms with Gasteiger partial charge in [-0.25, -0.2) is 0 Å². The smallest absolute Gasteiger partial charge is 0.266 e. The summed E-state index contributed by atoms with van der Waals surface area (Å²) in [5.74, 6) is 0.0307. The molecule has 0 radical (unpaired) electrons. The fourth-order valence-corrected chi connectivity index (χ4v) is 3.66. The normalized spacial score (nSPS) is 17.2. The minimum absolute atomic E-state index is 0.00843. The quantitative estimate of drug-likeness (QED) is 0.670. The van der Waals surface area contributed by atoms with Crippen LogP contribution >= 0.6 is 35.6 Å². The monoisotopic (exact) mass is 343 g/mol. The SMILES string of the molecule is COc1cc(Cl)cc(/C=C2\SC(=S)N(C(C)C)C2=O)c1O. The van der Waals surface area contributed by atoms with Crippen molar-refractivity contribution >= 4 is 51.9 Å². The Morgan fingerprint density at radius 3 is 2.67 bits per heavy atom. The van der Waals surface area contributed by atoms with Gasteiger partial charge >= 0.3 is 0 Å². The lowest BCUT2D eigenvalue weighted by atomic mass is 10.1. The third-order valence-electron chi connectivity index (χ3n) is 2.92. The van der Waals surface area contributed by atoms with Gasteiger partial charge in [-0.15, -0.1) is 0 Å². The van der Waals surface area contributed by atoms with Crippen LogP contribution in [0.3, 0.4) is 0 Å². The fourth-order valence-electron chi connectivity index (χ4n) is 1.93. The van der Waals surface area contributed by atoms with E-state index in [2.05, 4.69) is 0 Å². The van der Waals surface area contributed by atoms with Gasteiger partial charge in [0.1, 0.15) is 4.32 Å². The lowest BCUT2D eigenvalue weighted by Gasteiger charge is -2.18. The highest BCUT2D eigenvalue weighted by Crippen LogP contribution is 2.39. The molecular formula is C14H14ClNO3S2. The van der Waals surface area contributed by atoms with E-state index in [1.54, 1.807) is 17.0 Å². The summed E-state index contributed by atoms with van der Waals surface area (Å²) in [5, 5.41) is 10.5. The summed E-state index contributed by atoms with van der Waals surface area (Å²) in [4.78, 5) is 14.3. The predicted octanol–water partition coefficient (Wildman–Crippen LogP) is 3.66. The molecule has 1 aliphatic heterocycles. The van der Waals surface area contributed by atoms with Crippen LogP contribution in [0.5, 0.6) is 11.5 Å². The maximum Gasteiger partial charge on any atom is 0.266 e. The number of hydrogen-bond acceptors (Lipinski definition) is 5. The number of nitrogens with zero attached hydrogens (tertiary/aromatic N) is 1. The highest BCUT2D eigenvalue weighted by Gasteiger charge is 2.33. The summed E-state index contributed by atoms with van der Waals surface area (Å²) in [6.07, 6.45) is 1.57. The second-order valence-electron chi connectivity index (χ2n) is 4.69. The van der Waals surface area contributed by atoms with Gasteiger partial charge in [0, 0.05) is 22.7 Å². The summed E-state index contributed by atoms with van der Waals surface area (Å²) in [7, 11) is 1.44. The Kier molecular flexibility index (Phi) is 4.81. The molecule has 21 heavy (non-hydrogen) atoms. The number of carbonyl (C=O) groups excluding carboxylic acids is 1. The molecule has 1 heterocycles. The van der Waals surface area contributed by atoms with Crippen LogP contribution in [0.25, 0.3) is 6.08 Å². The average molecular weight is 344 g/mol. The molecule has 2 rings (SSSR count). The first kappa shape index (κ1) is 16.1. The van der Waals surface area contributed by atoms with E-state index in [0.29, 0.717) is 19.8 Å². The molecule has 0 bridgehead atoms. The van der Waals surface area contributed by atoms with Crippen molar-refractivity contribution in [2.45, 2.75) is 19.9 Å². The van der Waals surface area contributed by atoms with Crippen LogP contribution in [0, 0.1) is 0 Å². The number of halogens is 1. The largest absolute Gasteiger partial charge is 0.504 e. The zero-order valence-electron chi connectivity index (χ0n) is 11.7. The molecule has 1 amide bonds. The summed E-state index contributed by atoms with van der Waals surface area (Å²) < 4.78 is 5.56. The second kappa shape index (κ2) is 6.25. The van der Waals surface area contributed by atoms with E-state index in [4.69, 9.17) is 28.6 Å². The van der Waals surface area contributed by atoms with Gasteiger partial charge in [0.2, 0.25) is 0 Å². The van der Waals surface area contributed by atoms with Crippen LogP contribution in [0.2, 0.25) is 5.02 Å². The van der Waals surface area contributed by atoms with Crippen molar-refractivity contribution in [1.82, 2.24) is 4.90 Å². The molecule has 1 saturated heterocycles. The molecule has 0 saturated carbocycles. The minimum Gasteiger partial charge on any atom is -0.504 e. The lowest BCUT2D eigenvalue weighted by Crippen LogP contribution is -2.34. The van der Waals surface area contributed by atoms with Gasteiger partial charge in [0.15, 0.2) is 11.5 Å². The van der Waals surface area contributed by atoms with Gasteiger partial charge in [0.05, 0.1) is 12.0 Å². The van der Waals surface area contributed by atoms with Crippen LogP contribution in [0.15, 0.2) is 17.0 Å². The number of thioether (sulfide) groups is 1. The Bertz CT molecular complexity index is 643. The van der Waals surface area contributed by atoms with Gasteiger partial charge in [-0.1, -0.05) is 35.6 Å². The molecule has 1 aliphatic rings. The molecule has 1 fully saturated rings. The molecule has 0 spiro atoms. The summed E-state index contributed by atoms with van der Waals surface area (Å²) >= 11 is 12.4. The standard InChI is InChI=1S/C14H14ClNO3S2/c1-7(2)16-13(18)11(21-14(16)20)5-8-4-9(15)6-10(19-3)12(8)17/h4-7,17H,1-3H3/b11-5-. The maximum atomic E-state index is 12.3. The van der Waals surface area contributed by atoms with Crippen LogP contribution in [-0.2, 0) is 4.79 Å². The van der Waals surface area contributed by atoms with Crippen LogP contribution < -0.4 is 4.74 Å². The lowest BCUT2D eigenvalue weighted by molar-refractivity contribution is -0.123. The fraction of sp³-hybridized carbons (Fsp3) is 0.286. The number of rotatable bonds is 3. The van der Waals surface area contributed by atoms with Gasteiger partial charge in [-0.05, 0) is 26.0 Å². The number of phenolic OH excluding ortho intramolecular Hbond substituents is 1. The van der Waals surface area contributed by atoms with Crippen molar-refractivity contribution in [3.05, 3.63) is 27.6 Å². The molecule has 0 aromatic heterocycles. The van der Waals surface area contributed by atoms with Gasteiger partial charge in [0.25, 0.3) is 5.91 Å². The maximum absolute atomic E-state index is 12.3. The molecule has 1 aromatic carbocycles. The first-order valence-corrected chi connectivity index (χ1v) is 7.79. The molecule has 0 aliphatic carbocycles. The summed E-state index contributed by atoms with van der Waals surface area (Å²) in [5.41, 5.74) is 0.420. The van der Waals surface area contributed by atoms with Crippen molar-refractivity contribution in [3.63, 3.8) is 0 Å². The van der Waals surface area contributed by atoms with Crippen molar-refractivity contribution in [2.24, 2.45) is 0 Å². The molecule has 112 valence electrons. The predicted molar refractivity (Wildman–Crippen MR) is 89.8 cm³/mol. The molecule has 7 heteroatoms. The highest BCUT2D eigenvalue weighted by atomic mass is 35.5. The van der Waals surface area contributed by atoms with Gasteiger partial charge in [-0.2, -0.15) is 0 Å². The Morgan fingerprint density at radius 2 is 2.14 bits per heavy atom. The third kappa shape index (κ3) is 3.17. The number of carbonyl (C=O) groups is 1. The van der Waals surface area contributed by atoms with E-state index in [9.17, 15) is 9.90 Å². The number of hydrogen-bond donors (Lipinski definition) is 1. The Hall–Kier alpha value is -1.24. The molecule has 1 N–H and O–H groups in total. The zero-order chi connectivity index (χ0) is 15.7. The molecule has 1 aromatic rings. The molecular weight excluding hydrogens is 330 g/mol. The first-order chi connectivity index (χ1) is 9.85. The van der Waals surface area contributed by atoms with E-state index in [1.165, 1.54) is 24.9 Å². The Morgan fingerprint density at radius 1 is 1.48 bits per heavy atom. The van der Waals surface area contributed by atoms with E-state index >= 15 is 0 Å². The summed E-state index contributed by atoms with van der Waals surface area (Å²) in [6.45, 7) is 3.79. The summed E-state index contributed by atoms with van der Waals surface area (Å²) in [6, 6.07) is 3.07. The minimum atomic E-state index is -0.168. The second-order valence-corrected chi connectivity index (χ2v) is 6.80. The average Bonchev–Trinajstić information content (AvgIpc) is 2.68. The van der Waals surface area contributed by atoms with E-state index < -0.39 is 0 Å². The van der Waals surface area contributed by atoms with Crippen molar-refractivity contribution in [3.8, 4) is 11.5 Å². The van der Waals surface area contributed by atoms with E-state index in [1.807, 2.05) is 13.8 Å².